The van der Waals surface area contributed by atoms with Gasteiger partial charge in [-0.3, -0.25) is 0 Å². The second-order valence-electron chi connectivity index (χ2n) is 8.13. The molecule has 10 nitrogen and oxygen atoms in total. The smallest absolute Gasteiger partial charge is 0.338 e. The molecule has 3 heterocycles. The lowest BCUT2D eigenvalue weighted by molar-refractivity contribution is -0.139. The van der Waals surface area contributed by atoms with E-state index in [0.717, 1.165) is 11.8 Å². The van der Waals surface area contributed by atoms with Crippen LogP contribution in [0.25, 0.3) is 10.4 Å². The van der Waals surface area contributed by atoms with Gasteiger partial charge in [0.05, 0.1) is 29.4 Å². The van der Waals surface area contributed by atoms with Crippen molar-refractivity contribution in [2.75, 3.05) is 24.7 Å². The number of thiophene rings is 1. The van der Waals surface area contributed by atoms with Crippen molar-refractivity contribution in [1.29, 1.82) is 15.8 Å². The third-order valence-electron chi connectivity index (χ3n) is 5.65. The zero-order valence-electron chi connectivity index (χ0n) is 22.2. The molecule has 12 heteroatoms. The fourth-order valence-corrected chi connectivity index (χ4v) is 5.76. The fourth-order valence-electron chi connectivity index (χ4n) is 4.04. The molecule has 0 saturated heterocycles. The summed E-state index contributed by atoms with van der Waals surface area (Å²) >= 11 is 2.47. The zero-order valence-corrected chi connectivity index (χ0v) is 23.9. The summed E-state index contributed by atoms with van der Waals surface area (Å²) in [6.07, 6.45) is 0. The number of hydrogen-bond acceptors (Lipinski definition) is 12. The molecule has 1 unspecified atom stereocenters. The summed E-state index contributed by atoms with van der Waals surface area (Å²) < 4.78 is 11.1. The van der Waals surface area contributed by atoms with Crippen LogP contribution in [0.5, 0.6) is 0 Å². The van der Waals surface area contributed by atoms with Gasteiger partial charge in [-0.2, -0.15) is 15.8 Å². The molecule has 0 bridgehead atoms. The standard InChI is InChI=1S/C27H20N6O3S2.C2H6O/c1-2-35-27(34)23-19(36-25(32)17(12-29)21(23)15-7-4-3-5-8-15)14-38-26-18(13-30)22(20-9-6-10-37-20)16(11-28)24(31)33-26;1-2-3/h3-10,21H,2,14,32H2,1H3,(H2,31,33);3H,2H2,1H3. The lowest BCUT2D eigenvalue weighted by Crippen LogP contribution is -2.27. The van der Waals surface area contributed by atoms with Gasteiger partial charge in [-0.1, -0.05) is 48.2 Å². The van der Waals surface area contributed by atoms with E-state index in [1.165, 1.54) is 11.3 Å². The van der Waals surface area contributed by atoms with Crippen molar-refractivity contribution in [3.8, 4) is 28.6 Å². The van der Waals surface area contributed by atoms with Crippen LogP contribution < -0.4 is 11.5 Å². The monoisotopic (exact) mass is 586 g/mol. The molecule has 3 aromatic rings. The zero-order chi connectivity index (χ0) is 29.9. The first-order valence-corrected chi connectivity index (χ1v) is 14.2. The van der Waals surface area contributed by atoms with Crippen molar-refractivity contribution in [2.24, 2.45) is 5.73 Å². The molecule has 0 spiro atoms. The molecule has 5 N–H and O–H groups in total. The maximum atomic E-state index is 13.2. The molecule has 208 valence electrons. The van der Waals surface area contributed by atoms with Gasteiger partial charge < -0.3 is 26.0 Å². The van der Waals surface area contributed by atoms with Crippen LogP contribution in [0.2, 0.25) is 0 Å². The van der Waals surface area contributed by atoms with Crippen molar-refractivity contribution in [2.45, 2.75) is 24.8 Å². The van der Waals surface area contributed by atoms with Gasteiger partial charge in [0.25, 0.3) is 0 Å². The van der Waals surface area contributed by atoms with E-state index in [1.807, 2.05) is 23.6 Å². The lowest BCUT2D eigenvalue weighted by Gasteiger charge is -2.28. The maximum Gasteiger partial charge on any atom is 0.338 e. The Labute approximate surface area is 245 Å². The summed E-state index contributed by atoms with van der Waals surface area (Å²) in [7, 11) is 0. The van der Waals surface area contributed by atoms with Crippen molar-refractivity contribution >= 4 is 34.9 Å². The molecule has 1 aliphatic heterocycles. The highest BCUT2D eigenvalue weighted by Gasteiger charge is 2.37. The lowest BCUT2D eigenvalue weighted by atomic mass is 9.83. The molecule has 1 atom stereocenters. The number of thioether (sulfide) groups is 1. The van der Waals surface area contributed by atoms with Gasteiger partial charge in [0.1, 0.15) is 45.9 Å². The summed E-state index contributed by atoms with van der Waals surface area (Å²) in [6, 6.07) is 18.8. The molecule has 0 radical (unpaired) electrons. The number of rotatable bonds is 7. The van der Waals surface area contributed by atoms with Gasteiger partial charge in [0, 0.05) is 17.0 Å². The molecule has 0 aliphatic carbocycles. The maximum absolute atomic E-state index is 13.2. The van der Waals surface area contributed by atoms with E-state index < -0.39 is 11.9 Å². The number of hydrogen-bond donors (Lipinski definition) is 3. The number of anilines is 1. The molecule has 4 rings (SSSR count). The highest BCUT2D eigenvalue weighted by Crippen LogP contribution is 2.42. The summed E-state index contributed by atoms with van der Waals surface area (Å²) in [5, 5.41) is 39.2. The molecular formula is C29H26N6O4S2. The van der Waals surface area contributed by atoms with E-state index >= 15 is 0 Å². The number of carbonyl (C=O) groups is 1. The second kappa shape index (κ2) is 14.5. The van der Waals surface area contributed by atoms with Crippen LogP contribution in [-0.2, 0) is 14.3 Å². The molecular weight excluding hydrogens is 560 g/mol. The Kier molecular flexibility index (Phi) is 10.9. The molecule has 1 aliphatic rings. The number of nitrogens with two attached hydrogens (primary N) is 2. The molecule has 0 fully saturated rings. The van der Waals surface area contributed by atoms with Crippen LogP contribution in [0.3, 0.4) is 0 Å². The number of allylic oxidation sites excluding steroid dienone is 1. The number of aliphatic hydroxyl groups excluding tert-OH is 1. The number of nitrogen functional groups attached to an aromatic ring is 1. The number of aliphatic hydroxyl groups is 1. The van der Waals surface area contributed by atoms with E-state index in [0.29, 0.717) is 16.0 Å². The average Bonchev–Trinajstić information content (AvgIpc) is 3.51. The molecule has 41 heavy (non-hydrogen) atoms. The molecule has 1 aromatic carbocycles. The van der Waals surface area contributed by atoms with Crippen LogP contribution in [0, 0.1) is 34.0 Å². The van der Waals surface area contributed by atoms with E-state index in [9.17, 15) is 20.6 Å². The molecule has 0 amide bonds. The third-order valence-corrected chi connectivity index (χ3v) is 7.51. The van der Waals surface area contributed by atoms with Crippen molar-refractivity contribution in [3.63, 3.8) is 0 Å². The Bertz CT molecular complexity index is 1600. The predicted molar refractivity (Wildman–Crippen MR) is 156 cm³/mol. The third kappa shape index (κ3) is 6.68. The number of nitrogens with zero attached hydrogens (tertiary/aromatic N) is 4. The van der Waals surface area contributed by atoms with Crippen LogP contribution >= 0.6 is 23.1 Å². The van der Waals surface area contributed by atoms with Gasteiger partial charge in [0.15, 0.2) is 0 Å². The van der Waals surface area contributed by atoms with Gasteiger partial charge in [-0.25, -0.2) is 9.78 Å². The van der Waals surface area contributed by atoms with Crippen molar-refractivity contribution in [1.82, 2.24) is 4.98 Å². The van der Waals surface area contributed by atoms with E-state index in [1.54, 1.807) is 44.2 Å². The number of nitriles is 3. The summed E-state index contributed by atoms with van der Waals surface area (Å²) in [5.74, 6) is -1.41. The number of esters is 1. The van der Waals surface area contributed by atoms with Gasteiger partial charge >= 0.3 is 5.97 Å². The van der Waals surface area contributed by atoms with Crippen LogP contribution in [0.15, 0.2) is 75.7 Å². The number of aromatic nitrogens is 1. The predicted octanol–water partition coefficient (Wildman–Crippen LogP) is 4.55. The summed E-state index contributed by atoms with van der Waals surface area (Å²) in [6.45, 7) is 3.72. The Hall–Kier alpha value is -4.80. The Morgan fingerprint density at radius 3 is 2.34 bits per heavy atom. The summed E-state index contributed by atoms with van der Waals surface area (Å²) in [5.41, 5.74) is 13.8. The highest BCUT2D eigenvalue weighted by molar-refractivity contribution is 7.99. The van der Waals surface area contributed by atoms with Gasteiger partial charge in [0.2, 0.25) is 5.88 Å². The van der Waals surface area contributed by atoms with Crippen molar-refractivity contribution in [3.05, 3.63) is 87.3 Å². The Morgan fingerprint density at radius 2 is 1.78 bits per heavy atom. The van der Waals surface area contributed by atoms with E-state index in [2.05, 4.69) is 17.1 Å². The van der Waals surface area contributed by atoms with Gasteiger partial charge in [-0.05, 0) is 30.9 Å². The topological polar surface area (TPSA) is 192 Å². The van der Waals surface area contributed by atoms with Crippen LogP contribution in [-0.4, -0.2) is 35.0 Å². The average molecular weight is 587 g/mol. The molecule has 2 aromatic heterocycles. The fraction of sp³-hybridized carbons (Fsp3) is 0.207. The van der Waals surface area contributed by atoms with E-state index in [-0.39, 0.29) is 63.7 Å². The van der Waals surface area contributed by atoms with Gasteiger partial charge in [-0.15, -0.1) is 11.3 Å². The Morgan fingerprint density at radius 1 is 1.10 bits per heavy atom. The number of pyridine rings is 1. The molecule has 0 saturated carbocycles. The minimum atomic E-state index is -0.805. The number of ether oxygens (including phenoxy) is 2. The normalized spacial score (nSPS) is 14.1. The number of benzene rings is 1. The van der Waals surface area contributed by atoms with E-state index in [4.69, 9.17) is 26.0 Å². The van der Waals surface area contributed by atoms with Crippen LogP contribution in [0.1, 0.15) is 36.5 Å². The SMILES string of the molecule is CCO.CCOC(=O)C1=C(CSc2nc(N)c(C#N)c(-c3cccs3)c2C#N)OC(N)=C(C#N)C1c1ccccc1. The first-order valence-electron chi connectivity index (χ1n) is 12.3. The highest BCUT2D eigenvalue weighted by atomic mass is 32.2. The largest absolute Gasteiger partial charge is 0.463 e. The first kappa shape index (κ1) is 30.7. The minimum absolute atomic E-state index is 0.0186. The van der Waals surface area contributed by atoms with Crippen molar-refractivity contribution < 1.29 is 19.4 Å². The quantitative estimate of drug-likeness (QED) is 0.260. The summed E-state index contributed by atoms with van der Waals surface area (Å²) in [4.78, 5) is 18.2. The second-order valence-corrected chi connectivity index (χ2v) is 10.0. The van der Waals surface area contributed by atoms with Crippen LogP contribution in [0.4, 0.5) is 5.82 Å². The Balaban J connectivity index is 0.00000147. The minimum Gasteiger partial charge on any atom is -0.463 e. The first-order chi connectivity index (χ1) is 19.9. The number of carbonyl (C=O) groups excluding carboxylic acids is 1.